The first kappa shape index (κ1) is 27.8. The molecule has 0 bridgehead atoms. The van der Waals surface area contributed by atoms with E-state index in [0.717, 1.165) is 16.8 Å². The number of rotatable bonds is 7. The van der Waals surface area contributed by atoms with Gasteiger partial charge in [0.1, 0.15) is 5.75 Å². The molecule has 11 heteroatoms. The van der Waals surface area contributed by atoms with Crippen LogP contribution in [0.15, 0.2) is 111 Å². The second-order valence-electron chi connectivity index (χ2n) is 8.79. The molecule has 4 aromatic carbocycles. The van der Waals surface area contributed by atoms with E-state index in [0.29, 0.717) is 27.0 Å². The maximum Gasteiger partial charge on any atom is 0.416 e. The van der Waals surface area contributed by atoms with Crippen LogP contribution in [0.5, 0.6) is 5.75 Å². The summed E-state index contributed by atoms with van der Waals surface area (Å²) in [6, 6.07) is 25.0. The Balaban J connectivity index is 1.42. The average molecular weight is 621 g/mol. The first-order chi connectivity index (χ1) is 19.7. The van der Waals surface area contributed by atoms with E-state index in [9.17, 15) is 22.8 Å². The van der Waals surface area contributed by atoms with Gasteiger partial charge in [0.2, 0.25) is 0 Å². The molecule has 0 fully saturated rings. The zero-order chi connectivity index (χ0) is 29.0. The molecule has 5 aromatic rings. The molecule has 0 atom stereocenters. The minimum atomic E-state index is -4.57. The molecule has 7 nitrogen and oxygen atoms in total. The van der Waals surface area contributed by atoms with Gasteiger partial charge in [0.25, 0.3) is 11.5 Å². The van der Waals surface area contributed by atoms with Crippen molar-refractivity contribution in [1.29, 1.82) is 0 Å². The van der Waals surface area contributed by atoms with Crippen LogP contribution in [0.25, 0.3) is 22.3 Å². The van der Waals surface area contributed by atoms with Crippen molar-refractivity contribution in [2.24, 2.45) is 5.10 Å². The second kappa shape index (κ2) is 11.8. The molecular weight excluding hydrogens is 601 g/mol. The predicted molar refractivity (Wildman–Crippen MR) is 154 cm³/mol. The highest BCUT2D eigenvalue weighted by Gasteiger charge is 2.31. The fraction of sp³-hybridized carbons (Fsp3) is 0.0667. The van der Waals surface area contributed by atoms with Gasteiger partial charge in [0.15, 0.2) is 12.4 Å². The molecule has 0 radical (unpaired) electrons. The number of fused-ring (bicyclic) bond motifs is 1. The van der Waals surface area contributed by atoms with Crippen LogP contribution in [0.3, 0.4) is 0 Å². The summed E-state index contributed by atoms with van der Waals surface area (Å²) in [7, 11) is 0. The summed E-state index contributed by atoms with van der Waals surface area (Å²) in [6.45, 7) is -0.223. The lowest BCUT2D eigenvalue weighted by Crippen LogP contribution is -2.20. The molecular formula is C30H20BrF3N4O3. The molecule has 0 spiro atoms. The smallest absolute Gasteiger partial charge is 0.416 e. The van der Waals surface area contributed by atoms with Crippen molar-refractivity contribution in [3.8, 4) is 17.1 Å². The molecule has 5 rings (SSSR count). The van der Waals surface area contributed by atoms with Gasteiger partial charge in [0.05, 0.1) is 27.2 Å². The molecule has 0 aliphatic rings. The standard InChI is InChI=1S/C30H20BrF3N4O3/c31-24-15-19(13-14-26(24)41-18-27(39)36-22-9-2-1-3-10-22)17-35-38-28(20-7-6-8-21(16-20)30(32,33)34)37-25-12-5-4-11-23(25)29(38)40/h1-17H,18H2,(H,36,39). The van der Waals surface area contributed by atoms with Crippen LogP contribution < -0.4 is 15.6 Å². The molecule has 1 amide bonds. The van der Waals surface area contributed by atoms with E-state index < -0.39 is 17.3 Å². The van der Waals surface area contributed by atoms with Crippen LogP contribution in [-0.4, -0.2) is 28.4 Å². The quantitative estimate of drug-likeness (QED) is 0.204. The summed E-state index contributed by atoms with van der Waals surface area (Å²) in [5.41, 5.74) is 0.200. The van der Waals surface area contributed by atoms with Gasteiger partial charge in [-0.2, -0.15) is 22.9 Å². The fourth-order valence-corrected chi connectivity index (χ4v) is 4.46. The summed E-state index contributed by atoms with van der Waals surface area (Å²) in [6.07, 6.45) is -3.19. The molecule has 41 heavy (non-hydrogen) atoms. The van der Waals surface area contributed by atoms with Gasteiger partial charge >= 0.3 is 6.18 Å². The van der Waals surface area contributed by atoms with Crippen molar-refractivity contribution in [3.05, 3.63) is 123 Å². The van der Waals surface area contributed by atoms with Crippen molar-refractivity contribution in [1.82, 2.24) is 9.66 Å². The Labute approximate surface area is 240 Å². The van der Waals surface area contributed by atoms with Gasteiger partial charge in [-0.05, 0) is 76.1 Å². The first-order valence-electron chi connectivity index (χ1n) is 12.2. The van der Waals surface area contributed by atoms with Gasteiger partial charge in [-0.25, -0.2) is 4.98 Å². The Morgan fingerprint density at radius 3 is 2.49 bits per heavy atom. The molecule has 1 heterocycles. The molecule has 0 aliphatic carbocycles. The van der Waals surface area contributed by atoms with Crippen molar-refractivity contribution in [2.45, 2.75) is 6.18 Å². The van der Waals surface area contributed by atoms with Crippen LogP contribution in [0.1, 0.15) is 11.1 Å². The highest BCUT2D eigenvalue weighted by molar-refractivity contribution is 9.10. The average Bonchev–Trinajstić information content (AvgIpc) is 2.96. The number of hydrogen-bond acceptors (Lipinski definition) is 5. The maximum absolute atomic E-state index is 13.4. The van der Waals surface area contributed by atoms with E-state index in [-0.39, 0.29) is 29.3 Å². The largest absolute Gasteiger partial charge is 0.483 e. The van der Waals surface area contributed by atoms with Crippen LogP contribution in [0.4, 0.5) is 18.9 Å². The Hall–Kier alpha value is -4.77. The predicted octanol–water partition coefficient (Wildman–Crippen LogP) is 6.74. The van der Waals surface area contributed by atoms with E-state index in [1.54, 1.807) is 66.7 Å². The SMILES string of the molecule is O=C(COc1ccc(C=Nn2c(-c3cccc(C(F)(F)F)c3)nc3ccccc3c2=O)cc1Br)Nc1ccccc1. The highest BCUT2D eigenvalue weighted by atomic mass is 79.9. The van der Waals surface area contributed by atoms with Gasteiger partial charge in [0, 0.05) is 11.3 Å². The fourth-order valence-electron chi connectivity index (χ4n) is 3.95. The summed E-state index contributed by atoms with van der Waals surface area (Å²) >= 11 is 3.41. The number of para-hydroxylation sites is 2. The number of alkyl halides is 3. The number of carbonyl (C=O) groups is 1. The van der Waals surface area contributed by atoms with E-state index in [4.69, 9.17) is 4.74 Å². The van der Waals surface area contributed by atoms with Gasteiger partial charge in [-0.1, -0.05) is 42.5 Å². The van der Waals surface area contributed by atoms with E-state index in [1.807, 2.05) is 6.07 Å². The Morgan fingerprint density at radius 2 is 1.73 bits per heavy atom. The Bertz CT molecular complexity index is 1820. The zero-order valence-electron chi connectivity index (χ0n) is 21.1. The number of hydrogen-bond donors (Lipinski definition) is 1. The molecule has 1 aromatic heterocycles. The minimum Gasteiger partial charge on any atom is -0.483 e. The van der Waals surface area contributed by atoms with Gasteiger partial charge in [-0.15, -0.1) is 0 Å². The third kappa shape index (κ3) is 6.52. The Morgan fingerprint density at radius 1 is 0.976 bits per heavy atom. The van der Waals surface area contributed by atoms with Crippen LogP contribution in [0, 0.1) is 0 Å². The number of aromatic nitrogens is 2. The van der Waals surface area contributed by atoms with Crippen molar-refractivity contribution in [3.63, 3.8) is 0 Å². The monoisotopic (exact) mass is 620 g/mol. The van der Waals surface area contributed by atoms with Crippen molar-refractivity contribution < 1.29 is 22.7 Å². The van der Waals surface area contributed by atoms with E-state index in [2.05, 4.69) is 31.3 Å². The number of anilines is 1. The first-order valence-corrected chi connectivity index (χ1v) is 13.0. The molecule has 0 saturated carbocycles. The normalized spacial score (nSPS) is 11.6. The number of carbonyl (C=O) groups excluding carboxylic acids is 1. The number of ether oxygens (including phenoxy) is 1. The molecule has 1 N–H and O–H groups in total. The number of nitrogens with one attached hydrogen (secondary N) is 1. The van der Waals surface area contributed by atoms with Crippen LogP contribution >= 0.6 is 15.9 Å². The van der Waals surface area contributed by atoms with E-state index in [1.165, 1.54) is 18.3 Å². The third-order valence-corrected chi connectivity index (χ3v) is 6.52. The van der Waals surface area contributed by atoms with Crippen LogP contribution in [-0.2, 0) is 11.0 Å². The number of benzene rings is 4. The molecule has 0 saturated heterocycles. The van der Waals surface area contributed by atoms with Gasteiger partial charge in [-0.3, -0.25) is 9.59 Å². The minimum absolute atomic E-state index is 0.0421. The molecule has 206 valence electrons. The van der Waals surface area contributed by atoms with Crippen molar-refractivity contribution >= 4 is 44.6 Å². The maximum atomic E-state index is 13.4. The third-order valence-electron chi connectivity index (χ3n) is 5.90. The topological polar surface area (TPSA) is 85.6 Å². The second-order valence-corrected chi connectivity index (χ2v) is 9.64. The van der Waals surface area contributed by atoms with Crippen LogP contribution in [0.2, 0.25) is 0 Å². The summed E-state index contributed by atoms with van der Waals surface area (Å²) < 4.78 is 47.3. The number of halogens is 4. The lowest BCUT2D eigenvalue weighted by Gasteiger charge is -2.12. The zero-order valence-corrected chi connectivity index (χ0v) is 22.7. The number of amides is 1. The van der Waals surface area contributed by atoms with Crippen molar-refractivity contribution in [2.75, 3.05) is 11.9 Å². The lowest BCUT2D eigenvalue weighted by atomic mass is 10.1. The van der Waals surface area contributed by atoms with E-state index >= 15 is 0 Å². The summed E-state index contributed by atoms with van der Waals surface area (Å²) in [5.74, 6) is 0.0260. The summed E-state index contributed by atoms with van der Waals surface area (Å²) in [4.78, 5) is 30.0. The molecule has 0 aliphatic heterocycles. The molecule has 0 unspecified atom stereocenters. The highest BCUT2D eigenvalue weighted by Crippen LogP contribution is 2.32. The summed E-state index contributed by atoms with van der Waals surface area (Å²) in [5, 5.41) is 7.29. The van der Waals surface area contributed by atoms with Gasteiger partial charge < -0.3 is 10.1 Å². The lowest BCUT2D eigenvalue weighted by molar-refractivity contribution is -0.137. The number of nitrogens with zero attached hydrogens (tertiary/aromatic N) is 3. The Kier molecular flexibility index (Phi) is 7.97.